The number of carbonyl (C=O) groups excluding carboxylic acids is 1. The molecule has 0 spiro atoms. The average molecular weight is 423 g/mol. The fraction of sp³-hybridized carbons (Fsp3) is 0.136. The van der Waals surface area contributed by atoms with E-state index in [1.54, 1.807) is 55.5 Å². The quantitative estimate of drug-likeness (QED) is 0.371. The van der Waals surface area contributed by atoms with Crippen molar-refractivity contribution < 1.29 is 13.6 Å². The van der Waals surface area contributed by atoms with Crippen LogP contribution in [0.3, 0.4) is 0 Å². The summed E-state index contributed by atoms with van der Waals surface area (Å²) in [5.74, 6) is -0.0897. The molecule has 0 aliphatic carbocycles. The number of hydrogen-bond acceptors (Lipinski definition) is 5. The van der Waals surface area contributed by atoms with Crippen molar-refractivity contribution in [3.8, 4) is 0 Å². The molecule has 152 valence electrons. The molecule has 4 rings (SSSR count). The highest BCUT2D eigenvalue weighted by Crippen LogP contribution is 2.20. The zero-order chi connectivity index (χ0) is 21.1. The first-order chi connectivity index (χ1) is 14.5. The Hall–Kier alpha value is -3.39. The molecule has 8 heteroatoms. The van der Waals surface area contributed by atoms with E-state index < -0.39 is 0 Å². The maximum absolute atomic E-state index is 13.7. The van der Waals surface area contributed by atoms with Gasteiger partial charge in [0.05, 0.1) is 29.5 Å². The third-order valence-corrected chi connectivity index (χ3v) is 5.49. The molecule has 0 aliphatic heterocycles. The van der Waals surface area contributed by atoms with Gasteiger partial charge in [-0.25, -0.2) is 9.37 Å². The Labute approximate surface area is 175 Å². The number of nitrogens with one attached hydrogen (secondary N) is 1. The van der Waals surface area contributed by atoms with Crippen LogP contribution in [0.1, 0.15) is 11.3 Å². The average Bonchev–Trinajstić information content (AvgIpc) is 3.25. The Bertz CT molecular complexity index is 1270. The molecule has 4 aromatic rings. The fourth-order valence-corrected chi connectivity index (χ4v) is 3.75. The summed E-state index contributed by atoms with van der Waals surface area (Å²) in [6, 6.07) is 15.1. The smallest absolute Gasteiger partial charge is 0.262 e. The number of nitrogens with zero attached hydrogens (tertiary/aromatic N) is 2. The number of furan rings is 1. The normalized spacial score (nSPS) is 11.0. The largest absolute Gasteiger partial charge is 0.467 e. The summed E-state index contributed by atoms with van der Waals surface area (Å²) in [5.41, 5.74) is 1.23. The molecule has 0 bridgehead atoms. The van der Waals surface area contributed by atoms with Crippen molar-refractivity contribution in [1.82, 2.24) is 9.55 Å². The molecule has 0 aliphatic rings. The van der Waals surface area contributed by atoms with Gasteiger partial charge in [0.15, 0.2) is 5.16 Å². The highest BCUT2D eigenvalue weighted by molar-refractivity contribution is 7.99. The van der Waals surface area contributed by atoms with Gasteiger partial charge in [-0.15, -0.1) is 0 Å². The van der Waals surface area contributed by atoms with Gasteiger partial charge in [0.2, 0.25) is 5.91 Å². The Morgan fingerprint density at radius 3 is 2.80 bits per heavy atom. The van der Waals surface area contributed by atoms with E-state index in [1.165, 1.54) is 16.9 Å². The number of hydrogen-bond donors (Lipinski definition) is 1. The molecule has 2 aromatic heterocycles. The van der Waals surface area contributed by atoms with E-state index in [0.717, 1.165) is 11.8 Å². The third-order valence-electron chi connectivity index (χ3n) is 4.51. The van der Waals surface area contributed by atoms with E-state index in [-0.39, 0.29) is 29.6 Å². The molecule has 0 radical (unpaired) electrons. The van der Waals surface area contributed by atoms with Crippen LogP contribution in [-0.4, -0.2) is 21.2 Å². The molecule has 30 heavy (non-hydrogen) atoms. The van der Waals surface area contributed by atoms with Gasteiger partial charge < -0.3 is 9.73 Å². The second-order valence-electron chi connectivity index (χ2n) is 6.68. The van der Waals surface area contributed by atoms with E-state index in [0.29, 0.717) is 33.1 Å². The topological polar surface area (TPSA) is 77.1 Å². The molecule has 0 atom stereocenters. The van der Waals surface area contributed by atoms with E-state index >= 15 is 0 Å². The van der Waals surface area contributed by atoms with Gasteiger partial charge >= 0.3 is 0 Å². The molecule has 1 amide bonds. The van der Waals surface area contributed by atoms with Crippen molar-refractivity contribution in [3.05, 3.63) is 88.4 Å². The summed E-state index contributed by atoms with van der Waals surface area (Å²) < 4.78 is 20.6. The van der Waals surface area contributed by atoms with Crippen LogP contribution < -0.4 is 10.9 Å². The fourth-order valence-electron chi connectivity index (χ4n) is 2.95. The summed E-state index contributed by atoms with van der Waals surface area (Å²) in [4.78, 5) is 29.9. The molecule has 0 unspecified atom stereocenters. The molecule has 2 aromatic carbocycles. The van der Waals surface area contributed by atoms with Crippen LogP contribution in [0.15, 0.2) is 75.2 Å². The first-order valence-electron chi connectivity index (χ1n) is 9.22. The number of aryl methyl sites for hydroxylation is 1. The third kappa shape index (κ3) is 4.28. The van der Waals surface area contributed by atoms with Gasteiger partial charge in [-0.3, -0.25) is 14.2 Å². The van der Waals surface area contributed by atoms with Crippen LogP contribution in [0.25, 0.3) is 10.9 Å². The number of benzene rings is 2. The van der Waals surface area contributed by atoms with Crippen molar-refractivity contribution >= 4 is 34.3 Å². The Morgan fingerprint density at radius 1 is 1.20 bits per heavy atom. The van der Waals surface area contributed by atoms with Gasteiger partial charge in [-0.2, -0.15) is 0 Å². The number of para-hydroxylation sites is 1. The second kappa shape index (κ2) is 8.54. The van der Waals surface area contributed by atoms with Crippen molar-refractivity contribution in [3.63, 3.8) is 0 Å². The number of fused-ring (bicyclic) bond motifs is 1. The van der Waals surface area contributed by atoms with Crippen molar-refractivity contribution in [1.29, 1.82) is 0 Å². The van der Waals surface area contributed by atoms with Crippen LogP contribution in [0.4, 0.5) is 10.1 Å². The number of anilines is 1. The summed E-state index contributed by atoms with van der Waals surface area (Å²) in [6.45, 7) is 1.86. The highest BCUT2D eigenvalue weighted by Gasteiger charge is 2.15. The predicted octanol–water partition coefficient (Wildman–Crippen LogP) is 4.22. The minimum atomic E-state index is -0.385. The molecule has 0 saturated carbocycles. The number of thioether (sulfide) groups is 1. The van der Waals surface area contributed by atoms with Crippen molar-refractivity contribution in [2.24, 2.45) is 0 Å². The standard InChI is InChI=1S/C22H18FN3O3S/c1-14-8-9-15(11-18(14)23)24-20(27)13-30-22-25-19-7-3-2-6-17(19)21(28)26(22)12-16-5-4-10-29-16/h2-11H,12-13H2,1H3,(H,24,27). The van der Waals surface area contributed by atoms with Gasteiger partial charge in [0, 0.05) is 5.69 Å². The predicted molar refractivity (Wildman–Crippen MR) is 114 cm³/mol. The minimum absolute atomic E-state index is 0.0123. The summed E-state index contributed by atoms with van der Waals surface area (Å²) in [5, 5.41) is 3.56. The molecule has 2 heterocycles. The SMILES string of the molecule is Cc1ccc(NC(=O)CSc2nc3ccccc3c(=O)n2Cc2ccco2)cc1F. The van der Waals surface area contributed by atoms with Gasteiger partial charge in [-0.05, 0) is 48.9 Å². The Balaban J connectivity index is 1.58. The van der Waals surface area contributed by atoms with E-state index in [2.05, 4.69) is 10.3 Å². The van der Waals surface area contributed by atoms with E-state index in [4.69, 9.17) is 4.42 Å². The molecular formula is C22H18FN3O3S. The van der Waals surface area contributed by atoms with Crippen LogP contribution >= 0.6 is 11.8 Å². The lowest BCUT2D eigenvalue weighted by Gasteiger charge is -2.12. The molecule has 1 N–H and O–H groups in total. The van der Waals surface area contributed by atoms with Gasteiger partial charge in [0.25, 0.3) is 5.56 Å². The monoisotopic (exact) mass is 423 g/mol. The lowest BCUT2D eigenvalue weighted by Crippen LogP contribution is -2.24. The first-order valence-corrected chi connectivity index (χ1v) is 10.2. The number of carbonyl (C=O) groups is 1. The maximum Gasteiger partial charge on any atom is 0.262 e. The Kier molecular flexibility index (Phi) is 5.67. The second-order valence-corrected chi connectivity index (χ2v) is 7.63. The number of rotatable bonds is 6. The van der Waals surface area contributed by atoms with Gasteiger partial charge in [-0.1, -0.05) is 30.0 Å². The summed E-state index contributed by atoms with van der Waals surface area (Å²) in [6.07, 6.45) is 1.54. The van der Waals surface area contributed by atoms with Crippen LogP contribution in [0.5, 0.6) is 0 Å². The lowest BCUT2D eigenvalue weighted by atomic mass is 10.2. The number of halogens is 1. The number of aromatic nitrogens is 2. The Morgan fingerprint density at radius 2 is 2.03 bits per heavy atom. The zero-order valence-corrected chi connectivity index (χ0v) is 16.9. The molecular weight excluding hydrogens is 405 g/mol. The van der Waals surface area contributed by atoms with E-state index in [9.17, 15) is 14.0 Å². The first kappa shape index (κ1) is 19.9. The van der Waals surface area contributed by atoms with Crippen molar-refractivity contribution in [2.45, 2.75) is 18.6 Å². The molecule has 0 fully saturated rings. The number of amides is 1. The van der Waals surface area contributed by atoms with Gasteiger partial charge in [0.1, 0.15) is 11.6 Å². The van der Waals surface area contributed by atoms with E-state index in [1.807, 2.05) is 0 Å². The molecule has 6 nitrogen and oxygen atoms in total. The van der Waals surface area contributed by atoms with Crippen molar-refractivity contribution in [2.75, 3.05) is 11.1 Å². The maximum atomic E-state index is 13.7. The molecule has 0 saturated heterocycles. The summed E-state index contributed by atoms with van der Waals surface area (Å²) >= 11 is 1.14. The van der Waals surface area contributed by atoms with Crippen LogP contribution in [0.2, 0.25) is 0 Å². The van der Waals surface area contributed by atoms with Crippen LogP contribution in [-0.2, 0) is 11.3 Å². The highest BCUT2D eigenvalue weighted by atomic mass is 32.2. The van der Waals surface area contributed by atoms with Crippen LogP contribution in [0, 0.1) is 12.7 Å². The lowest BCUT2D eigenvalue weighted by molar-refractivity contribution is -0.113. The zero-order valence-electron chi connectivity index (χ0n) is 16.1. The minimum Gasteiger partial charge on any atom is -0.467 e. The summed E-state index contributed by atoms with van der Waals surface area (Å²) in [7, 11) is 0.